The van der Waals surface area contributed by atoms with E-state index in [1.807, 2.05) is 0 Å². The SMILES string of the molecule is COc1ccc(NC(=O)c2ccc(F)cc2Cl)cc1OC. The van der Waals surface area contributed by atoms with E-state index >= 15 is 0 Å². The van der Waals surface area contributed by atoms with Gasteiger partial charge in [-0.2, -0.15) is 0 Å². The molecule has 0 unspecified atom stereocenters. The minimum atomic E-state index is -0.498. The quantitative estimate of drug-likeness (QED) is 0.935. The standard InChI is InChI=1S/C15H13ClFNO3/c1-20-13-6-4-10(8-14(13)21-2)18-15(19)11-5-3-9(17)7-12(11)16/h3-8H,1-2H3,(H,18,19). The number of rotatable bonds is 4. The van der Waals surface area contributed by atoms with E-state index in [0.29, 0.717) is 17.2 Å². The third-order valence-electron chi connectivity index (χ3n) is 2.82. The average Bonchev–Trinajstić information content (AvgIpc) is 2.46. The molecule has 0 aromatic heterocycles. The molecule has 6 heteroatoms. The number of carbonyl (C=O) groups excluding carboxylic acids is 1. The first-order chi connectivity index (χ1) is 10.0. The van der Waals surface area contributed by atoms with Crippen molar-refractivity contribution in [3.63, 3.8) is 0 Å². The molecule has 0 radical (unpaired) electrons. The van der Waals surface area contributed by atoms with Crippen molar-refractivity contribution < 1.29 is 18.7 Å². The molecular weight excluding hydrogens is 297 g/mol. The normalized spacial score (nSPS) is 10.1. The predicted octanol–water partition coefficient (Wildman–Crippen LogP) is 3.75. The van der Waals surface area contributed by atoms with Crippen molar-refractivity contribution >= 4 is 23.2 Å². The molecule has 0 aliphatic rings. The van der Waals surface area contributed by atoms with Crippen molar-refractivity contribution in [3.05, 3.63) is 52.8 Å². The van der Waals surface area contributed by atoms with Crippen LogP contribution in [0, 0.1) is 5.82 Å². The van der Waals surface area contributed by atoms with Gasteiger partial charge in [0.05, 0.1) is 24.8 Å². The van der Waals surface area contributed by atoms with Gasteiger partial charge in [-0.3, -0.25) is 4.79 Å². The van der Waals surface area contributed by atoms with Crippen LogP contribution in [-0.2, 0) is 0 Å². The Morgan fingerprint density at radius 2 is 1.81 bits per heavy atom. The van der Waals surface area contributed by atoms with E-state index < -0.39 is 11.7 Å². The summed E-state index contributed by atoms with van der Waals surface area (Å²) in [6.45, 7) is 0. The molecule has 2 rings (SSSR count). The molecule has 0 aliphatic heterocycles. The zero-order chi connectivity index (χ0) is 15.4. The molecule has 0 saturated heterocycles. The van der Waals surface area contributed by atoms with E-state index in [2.05, 4.69) is 5.32 Å². The van der Waals surface area contributed by atoms with Crippen LogP contribution in [0.15, 0.2) is 36.4 Å². The number of benzene rings is 2. The molecule has 2 aromatic carbocycles. The summed E-state index contributed by atoms with van der Waals surface area (Å²) in [5, 5.41) is 2.71. The molecule has 0 fully saturated rings. The van der Waals surface area contributed by atoms with Crippen molar-refractivity contribution in [1.82, 2.24) is 0 Å². The second kappa shape index (κ2) is 6.45. The molecule has 110 valence electrons. The smallest absolute Gasteiger partial charge is 0.257 e. The predicted molar refractivity (Wildman–Crippen MR) is 78.9 cm³/mol. The Bertz CT molecular complexity index is 676. The topological polar surface area (TPSA) is 47.6 Å². The van der Waals surface area contributed by atoms with E-state index in [1.54, 1.807) is 18.2 Å². The van der Waals surface area contributed by atoms with Crippen LogP contribution in [-0.4, -0.2) is 20.1 Å². The Kier molecular flexibility index (Phi) is 4.65. The summed E-state index contributed by atoms with van der Waals surface area (Å²) in [4.78, 5) is 12.1. The van der Waals surface area contributed by atoms with Gasteiger partial charge in [0.1, 0.15) is 5.82 Å². The molecule has 4 nitrogen and oxygen atoms in total. The Hall–Kier alpha value is -2.27. The van der Waals surface area contributed by atoms with Crippen molar-refractivity contribution in [3.8, 4) is 11.5 Å². The molecule has 0 heterocycles. The van der Waals surface area contributed by atoms with E-state index in [1.165, 1.54) is 26.4 Å². The molecule has 2 aromatic rings. The summed E-state index contributed by atoms with van der Waals surface area (Å²) in [6.07, 6.45) is 0. The van der Waals surface area contributed by atoms with Crippen LogP contribution in [0.25, 0.3) is 0 Å². The summed E-state index contributed by atoms with van der Waals surface area (Å²) >= 11 is 5.85. The van der Waals surface area contributed by atoms with E-state index in [-0.39, 0.29) is 10.6 Å². The van der Waals surface area contributed by atoms with Gasteiger partial charge in [-0.15, -0.1) is 0 Å². The Balaban J connectivity index is 2.23. The number of carbonyl (C=O) groups is 1. The van der Waals surface area contributed by atoms with Gasteiger partial charge < -0.3 is 14.8 Å². The lowest BCUT2D eigenvalue weighted by Crippen LogP contribution is -2.12. The van der Waals surface area contributed by atoms with Crippen molar-refractivity contribution in [2.24, 2.45) is 0 Å². The fraction of sp³-hybridized carbons (Fsp3) is 0.133. The Labute approximate surface area is 126 Å². The molecule has 21 heavy (non-hydrogen) atoms. The number of hydrogen-bond acceptors (Lipinski definition) is 3. The maximum Gasteiger partial charge on any atom is 0.257 e. The summed E-state index contributed by atoms with van der Waals surface area (Å²) in [7, 11) is 3.02. The van der Waals surface area contributed by atoms with Crippen LogP contribution in [0.1, 0.15) is 10.4 Å². The molecule has 0 spiro atoms. The Morgan fingerprint density at radius 1 is 1.10 bits per heavy atom. The average molecular weight is 310 g/mol. The van der Waals surface area contributed by atoms with Gasteiger partial charge in [-0.25, -0.2) is 4.39 Å². The summed E-state index contributed by atoms with van der Waals surface area (Å²) in [5.41, 5.74) is 0.700. The third-order valence-corrected chi connectivity index (χ3v) is 3.13. The highest BCUT2D eigenvalue weighted by Gasteiger charge is 2.12. The maximum absolute atomic E-state index is 13.0. The van der Waals surface area contributed by atoms with Gasteiger partial charge in [0.25, 0.3) is 5.91 Å². The van der Waals surface area contributed by atoms with Gasteiger partial charge in [-0.05, 0) is 30.3 Å². The highest BCUT2D eigenvalue weighted by atomic mass is 35.5. The highest BCUT2D eigenvalue weighted by Crippen LogP contribution is 2.30. The van der Waals surface area contributed by atoms with Gasteiger partial charge in [0, 0.05) is 11.8 Å². The van der Waals surface area contributed by atoms with E-state index in [0.717, 1.165) is 6.07 Å². The highest BCUT2D eigenvalue weighted by molar-refractivity contribution is 6.34. The molecule has 0 saturated carbocycles. The number of methoxy groups -OCH3 is 2. The maximum atomic E-state index is 13.0. The zero-order valence-corrected chi connectivity index (χ0v) is 12.2. The Morgan fingerprint density at radius 3 is 2.43 bits per heavy atom. The number of halogens is 2. The fourth-order valence-corrected chi connectivity index (χ4v) is 2.04. The first-order valence-corrected chi connectivity index (χ1v) is 6.41. The van der Waals surface area contributed by atoms with Crippen molar-refractivity contribution in [2.45, 2.75) is 0 Å². The van der Waals surface area contributed by atoms with Gasteiger partial charge in [-0.1, -0.05) is 11.6 Å². The largest absolute Gasteiger partial charge is 0.493 e. The monoisotopic (exact) mass is 309 g/mol. The number of nitrogens with one attached hydrogen (secondary N) is 1. The second-order valence-electron chi connectivity index (χ2n) is 4.15. The molecule has 1 N–H and O–H groups in total. The number of amides is 1. The summed E-state index contributed by atoms with van der Waals surface area (Å²) in [6, 6.07) is 8.54. The van der Waals surface area contributed by atoms with Crippen molar-refractivity contribution in [2.75, 3.05) is 19.5 Å². The molecule has 0 bridgehead atoms. The lowest BCUT2D eigenvalue weighted by molar-refractivity contribution is 0.102. The molecular formula is C15H13ClFNO3. The summed E-state index contributed by atoms with van der Waals surface area (Å²) < 4.78 is 23.2. The third kappa shape index (κ3) is 3.44. The van der Waals surface area contributed by atoms with E-state index in [4.69, 9.17) is 21.1 Å². The lowest BCUT2D eigenvalue weighted by atomic mass is 10.2. The van der Waals surface area contributed by atoms with Gasteiger partial charge in [0.15, 0.2) is 11.5 Å². The minimum Gasteiger partial charge on any atom is -0.493 e. The lowest BCUT2D eigenvalue weighted by Gasteiger charge is -2.11. The van der Waals surface area contributed by atoms with Crippen LogP contribution in [0.3, 0.4) is 0 Å². The van der Waals surface area contributed by atoms with Crippen LogP contribution in [0.5, 0.6) is 11.5 Å². The van der Waals surface area contributed by atoms with Crippen molar-refractivity contribution in [1.29, 1.82) is 0 Å². The van der Waals surface area contributed by atoms with Crippen LogP contribution in [0.2, 0.25) is 5.02 Å². The number of anilines is 1. The van der Waals surface area contributed by atoms with Crippen LogP contribution < -0.4 is 14.8 Å². The van der Waals surface area contributed by atoms with Crippen LogP contribution in [0.4, 0.5) is 10.1 Å². The molecule has 1 amide bonds. The first-order valence-electron chi connectivity index (χ1n) is 6.03. The number of ether oxygens (including phenoxy) is 2. The molecule has 0 atom stereocenters. The summed E-state index contributed by atoms with van der Waals surface area (Å²) in [5.74, 6) is 0.103. The fourth-order valence-electron chi connectivity index (χ4n) is 1.79. The minimum absolute atomic E-state index is 0.0491. The second-order valence-corrected chi connectivity index (χ2v) is 4.56. The number of hydrogen-bond donors (Lipinski definition) is 1. The van der Waals surface area contributed by atoms with Gasteiger partial charge >= 0.3 is 0 Å². The zero-order valence-electron chi connectivity index (χ0n) is 11.4. The van der Waals surface area contributed by atoms with Gasteiger partial charge in [0.2, 0.25) is 0 Å². The first kappa shape index (κ1) is 15.1. The van der Waals surface area contributed by atoms with E-state index in [9.17, 15) is 9.18 Å². The molecule has 0 aliphatic carbocycles. The van der Waals surface area contributed by atoms with Crippen LogP contribution >= 0.6 is 11.6 Å².